The minimum Gasteiger partial charge on any atom is -0.314 e. The van der Waals surface area contributed by atoms with E-state index in [4.69, 9.17) is 11.6 Å². The maximum absolute atomic E-state index is 5.59. The van der Waals surface area contributed by atoms with Crippen LogP contribution in [0.5, 0.6) is 0 Å². The molecule has 10 heavy (non-hydrogen) atoms. The van der Waals surface area contributed by atoms with Gasteiger partial charge in [0.2, 0.25) is 0 Å². The lowest BCUT2D eigenvalue weighted by Gasteiger charge is -2.10. The average molecular weight is 162 g/mol. The Hall–Kier alpha value is 0.250. The minimum absolute atomic E-state index is 0.609. The Kier molecular flexibility index (Phi) is 3.50. The summed E-state index contributed by atoms with van der Waals surface area (Å²) in [7, 11) is 0. The summed E-state index contributed by atoms with van der Waals surface area (Å²) in [5.74, 6) is 1.76. The highest BCUT2D eigenvalue weighted by Crippen LogP contribution is 2.27. The van der Waals surface area contributed by atoms with Crippen LogP contribution in [-0.4, -0.2) is 18.5 Å². The quantitative estimate of drug-likeness (QED) is 0.609. The lowest BCUT2D eigenvalue weighted by atomic mass is 10.2. The van der Waals surface area contributed by atoms with E-state index in [1.807, 2.05) is 0 Å². The molecule has 1 aliphatic rings. The Labute approximate surface area is 68.1 Å². The smallest absolute Gasteiger partial charge is 0.0238 e. The molecule has 2 heteroatoms. The molecule has 0 radical (unpaired) electrons. The zero-order chi connectivity index (χ0) is 7.40. The first kappa shape index (κ1) is 8.35. The van der Waals surface area contributed by atoms with Crippen molar-refractivity contribution in [2.75, 3.05) is 12.4 Å². The molecule has 0 aliphatic heterocycles. The molecular formula is C8H16ClN. The molecule has 60 valence electrons. The van der Waals surface area contributed by atoms with Gasteiger partial charge in [0, 0.05) is 11.9 Å². The van der Waals surface area contributed by atoms with Gasteiger partial charge in [0.05, 0.1) is 0 Å². The van der Waals surface area contributed by atoms with Crippen LogP contribution in [0, 0.1) is 5.92 Å². The Morgan fingerprint density at radius 2 is 2.30 bits per heavy atom. The second kappa shape index (κ2) is 4.20. The van der Waals surface area contributed by atoms with Crippen molar-refractivity contribution in [1.29, 1.82) is 0 Å². The molecule has 0 saturated heterocycles. The molecule has 1 fully saturated rings. The van der Waals surface area contributed by atoms with Crippen molar-refractivity contribution >= 4 is 11.6 Å². The van der Waals surface area contributed by atoms with Gasteiger partial charge in [-0.2, -0.15) is 0 Å². The van der Waals surface area contributed by atoms with Crippen molar-refractivity contribution in [3.05, 3.63) is 0 Å². The topological polar surface area (TPSA) is 12.0 Å². The van der Waals surface area contributed by atoms with Gasteiger partial charge in [0.15, 0.2) is 0 Å². The molecule has 0 aromatic carbocycles. The average Bonchev–Trinajstić information content (AvgIpc) is 2.67. The van der Waals surface area contributed by atoms with E-state index >= 15 is 0 Å². The third-order valence-electron chi connectivity index (χ3n) is 1.99. The van der Waals surface area contributed by atoms with E-state index in [0.717, 1.165) is 18.2 Å². The van der Waals surface area contributed by atoms with Gasteiger partial charge in [-0.1, -0.05) is 0 Å². The van der Waals surface area contributed by atoms with Crippen molar-refractivity contribution in [2.24, 2.45) is 5.92 Å². The maximum atomic E-state index is 5.59. The van der Waals surface area contributed by atoms with Gasteiger partial charge in [-0.25, -0.2) is 0 Å². The first-order valence-electron chi connectivity index (χ1n) is 4.12. The molecule has 1 unspecified atom stereocenters. The molecule has 1 atom stereocenters. The van der Waals surface area contributed by atoms with E-state index in [1.165, 1.54) is 19.4 Å². The summed E-state index contributed by atoms with van der Waals surface area (Å²) in [6.45, 7) is 3.41. The van der Waals surface area contributed by atoms with E-state index in [1.54, 1.807) is 0 Å². The summed E-state index contributed by atoms with van der Waals surface area (Å²) < 4.78 is 0. The molecule has 0 bridgehead atoms. The summed E-state index contributed by atoms with van der Waals surface area (Å²) in [4.78, 5) is 0. The van der Waals surface area contributed by atoms with Gasteiger partial charge in [0.25, 0.3) is 0 Å². The highest BCUT2D eigenvalue weighted by molar-refractivity contribution is 6.17. The lowest BCUT2D eigenvalue weighted by Crippen LogP contribution is -2.28. The monoisotopic (exact) mass is 161 g/mol. The predicted octanol–water partition coefficient (Wildman–Crippen LogP) is 2.00. The number of hydrogen-bond acceptors (Lipinski definition) is 1. The molecule has 1 aliphatic carbocycles. The summed E-state index contributed by atoms with van der Waals surface area (Å²) >= 11 is 5.59. The highest BCUT2D eigenvalue weighted by Gasteiger charge is 2.20. The molecule has 0 amide bonds. The van der Waals surface area contributed by atoms with Crippen LogP contribution in [0.3, 0.4) is 0 Å². The standard InChI is InChI=1S/C8H16ClN/c1-7(4-5-9)10-6-8-2-3-8/h7-8,10H,2-6H2,1H3. The molecule has 0 heterocycles. The minimum atomic E-state index is 0.609. The van der Waals surface area contributed by atoms with E-state index in [2.05, 4.69) is 12.2 Å². The number of halogens is 1. The molecule has 1 saturated carbocycles. The van der Waals surface area contributed by atoms with Crippen LogP contribution in [0.25, 0.3) is 0 Å². The third-order valence-corrected chi connectivity index (χ3v) is 2.21. The zero-order valence-corrected chi connectivity index (χ0v) is 7.32. The van der Waals surface area contributed by atoms with Gasteiger partial charge < -0.3 is 5.32 Å². The molecule has 0 aromatic rings. The Bertz CT molecular complexity index is 91.3. The number of nitrogens with one attached hydrogen (secondary N) is 1. The van der Waals surface area contributed by atoms with Crippen LogP contribution in [0.1, 0.15) is 26.2 Å². The van der Waals surface area contributed by atoms with Gasteiger partial charge >= 0.3 is 0 Å². The fourth-order valence-corrected chi connectivity index (χ4v) is 1.28. The van der Waals surface area contributed by atoms with E-state index < -0.39 is 0 Å². The predicted molar refractivity (Wildman–Crippen MR) is 45.5 cm³/mol. The van der Waals surface area contributed by atoms with Crippen molar-refractivity contribution in [3.8, 4) is 0 Å². The number of alkyl halides is 1. The van der Waals surface area contributed by atoms with Crippen molar-refractivity contribution in [3.63, 3.8) is 0 Å². The van der Waals surface area contributed by atoms with Crippen LogP contribution >= 0.6 is 11.6 Å². The van der Waals surface area contributed by atoms with E-state index in [-0.39, 0.29) is 0 Å². The Morgan fingerprint density at radius 3 is 2.80 bits per heavy atom. The van der Waals surface area contributed by atoms with Crippen molar-refractivity contribution < 1.29 is 0 Å². The molecule has 1 nitrogen and oxygen atoms in total. The fraction of sp³-hybridized carbons (Fsp3) is 1.00. The second-order valence-corrected chi connectivity index (χ2v) is 3.61. The van der Waals surface area contributed by atoms with Gasteiger partial charge in [0.1, 0.15) is 0 Å². The summed E-state index contributed by atoms with van der Waals surface area (Å²) in [6, 6.07) is 0.609. The Balaban J connectivity index is 1.89. The molecule has 0 aromatic heterocycles. The van der Waals surface area contributed by atoms with Crippen LogP contribution in [-0.2, 0) is 0 Å². The van der Waals surface area contributed by atoms with Crippen LogP contribution in [0.15, 0.2) is 0 Å². The van der Waals surface area contributed by atoms with Crippen LogP contribution in [0.2, 0.25) is 0 Å². The number of rotatable bonds is 5. The fourth-order valence-electron chi connectivity index (χ4n) is 0.956. The molecule has 1 rings (SSSR count). The van der Waals surface area contributed by atoms with Gasteiger partial charge in [-0.15, -0.1) is 11.6 Å². The molecular weight excluding hydrogens is 146 g/mol. The maximum Gasteiger partial charge on any atom is 0.0238 e. The summed E-state index contributed by atoms with van der Waals surface area (Å²) in [6.07, 6.45) is 3.95. The second-order valence-electron chi connectivity index (χ2n) is 3.23. The van der Waals surface area contributed by atoms with E-state index in [0.29, 0.717) is 6.04 Å². The van der Waals surface area contributed by atoms with Crippen molar-refractivity contribution in [1.82, 2.24) is 5.32 Å². The van der Waals surface area contributed by atoms with Crippen molar-refractivity contribution in [2.45, 2.75) is 32.2 Å². The highest BCUT2D eigenvalue weighted by atomic mass is 35.5. The van der Waals surface area contributed by atoms with Crippen LogP contribution in [0.4, 0.5) is 0 Å². The first-order chi connectivity index (χ1) is 4.83. The summed E-state index contributed by atoms with van der Waals surface area (Å²) in [5, 5.41) is 3.46. The normalized spacial score (nSPS) is 21.0. The van der Waals surface area contributed by atoms with Crippen LogP contribution < -0.4 is 5.32 Å². The summed E-state index contributed by atoms with van der Waals surface area (Å²) in [5.41, 5.74) is 0. The SMILES string of the molecule is CC(CCCl)NCC1CC1. The third kappa shape index (κ3) is 3.43. The lowest BCUT2D eigenvalue weighted by molar-refractivity contribution is 0.518. The Morgan fingerprint density at radius 1 is 1.60 bits per heavy atom. The largest absolute Gasteiger partial charge is 0.314 e. The zero-order valence-electron chi connectivity index (χ0n) is 6.57. The number of hydrogen-bond donors (Lipinski definition) is 1. The van der Waals surface area contributed by atoms with Gasteiger partial charge in [-0.3, -0.25) is 0 Å². The molecule has 1 N–H and O–H groups in total. The first-order valence-corrected chi connectivity index (χ1v) is 4.65. The van der Waals surface area contributed by atoms with E-state index in [9.17, 15) is 0 Å². The molecule has 0 spiro atoms. The van der Waals surface area contributed by atoms with Gasteiger partial charge in [-0.05, 0) is 38.6 Å².